The molecule has 0 aliphatic rings. The fourth-order valence-corrected chi connectivity index (χ4v) is 1.72. The Morgan fingerprint density at radius 1 is 1.33 bits per heavy atom. The zero-order valence-corrected chi connectivity index (χ0v) is 9.70. The Kier molecular flexibility index (Phi) is 2.27. The van der Waals surface area contributed by atoms with E-state index in [4.69, 9.17) is 0 Å². The van der Waals surface area contributed by atoms with Crippen LogP contribution in [0.15, 0.2) is 28.9 Å². The SMILES string of the molecule is Brc1cnc2nc(I)ccc2c1. The fraction of sp³-hybridized carbons (Fsp3) is 0. The molecule has 2 nitrogen and oxygen atoms in total. The number of nitrogens with zero attached hydrogens (tertiary/aromatic N) is 2. The number of fused-ring (bicyclic) bond motifs is 1. The molecular weight excluding hydrogens is 331 g/mol. The summed E-state index contributed by atoms with van der Waals surface area (Å²) >= 11 is 5.53. The van der Waals surface area contributed by atoms with Crippen molar-refractivity contribution in [1.82, 2.24) is 9.97 Å². The van der Waals surface area contributed by atoms with E-state index in [2.05, 4.69) is 48.5 Å². The van der Waals surface area contributed by atoms with Gasteiger partial charge in [0.05, 0.1) is 0 Å². The van der Waals surface area contributed by atoms with Gasteiger partial charge >= 0.3 is 0 Å². The van der Waals surface area contributed by atoms with Crippen molar-refractivity contribution in [2.45, 2.75) is 0 Å². The van der Waals surface area contributed by atoms with E-state index < -0.39 is 0 Å². The van der Waals surface area contributed by atoms with Crippen LogP contribution in [0.2, 0.25) is 0 Å². The van der Waals surface area contributed by atoms with Crippen LogP contribution < -0.4 is 0 Å². The highest BCUT2D eigenvalue weighted by molar-refractivity contribution is 14.1. The van der Waals surface area contributed by atoms with Gasteiger partial charge < -0.3 is 0 Å². The Labute approximate surface area is 91.7 Å². The smallest absolute Gasteiger partial charge is 0.160 e. The van der Waals surface area contributed by atoms with Gasteiger partial charge in [-0.2, -0.15) is 0 Å². The van der Waals surface area contributed by atoms with Gasteiger partial charge in [0, 0.05) is 16.1 Å². The molecule has 0 N–H and O–H groups in total. The maximum Gasteiger partial charge on any atom is 0.160 e. The molecule has 0 unspecified atom stereocenters. The quantitative estimate of drug-likeness (QED) is 0.547. The molecular formula is C8H4BrIN2. The van der Waals surface area contributed by atoms with Gasteiger partial charge in [-0.15, -0.1) is 0 Å². The Hall–Kier alpha value is -0.230. The van der Waals surface area contributed by atoms with Crippen LogP contribution in [0, 0.1) is 3.70 Å². The molecule has 0 saturated heterocycles. The van der Waals surface area contributed by atoms with E-state index in [1.54, 1.807) is 6.20 Å². The summed E-state index contributed by atoms with van der Waals surface area (Å²) in [5.41, 5.74) is 0.796. The van der Waals surface area contributed by atoms with Gasteiger partial charge in [-0.05, 0) is 56.7 Å². The lowest BCUT2D eigenvalue weighted by atomic mass is 10.3. The van der Waals surface area contributed by atoms with E-state index >= 15 is 0 Å². The summed E-state index contributed by atoms with van der Waals surface area (Å²) in [6.07, 6.45) is 1.76. The maximum atomic E-state index is 4.27. The van der Waals surface area contributed by atoms with Gasteiger partial charge in [0.1, 0.15) is 3.70 Å². The molecule has 0 amide bonds. The number of hydrogen-bond acceptors (Lipinski definition) is 2. The lowest BCUT2D eigenvalue weighted by molar-refractivity contribution is 1.25. The molecule has 2 aromatic heterocycles. The van der Waals surface area contributed by atoms with Gasteiger partial charge in [-0.1, -0.05) is 0 Å². The minimum absolute atomic E-state index is 0.796. The van der Waals surface area contributed by atoms with Gasteiger partial charge in [0.2, 0.25) is 0 Å². The molecule has 0 aliphatic heterocycles. The van der Waals surface area contributed by atoms with Crippen molar-refractivity contribution in [2.75, 3.05) is 0 Å². The van der Waals surface area contributed by atoms with E-state index in [-0.39, 0.29) is 0 Å². The standard InChI is InChI=1S/C8H4BrIN2/c9-6-3-5-1-2-7(10)12-8(5)11-4-6/h1-4H. The molecule has 0 aliphatic carbocycles. The molecule has 4 heteroatoms. The average Bonchev–Trinajstić information content (AvgIpc) is 2.05. The normalized spacial score (nSPS) is 10.5. The van der Waals surface area contributed by atoms with E-state index in [1.807, 2.05) is 18.2 Å². The van der Waals surface area contributed by atoms with Crippen molar-refractivity contribution in [3.05, 3.63) is 32.6 Å². The molecule has 0 fully saturated rings. The van der Waals surface area contributed by atoms with E-state index in [0.717, 1.165) is 19.2 Å². The van der Waals surface area contributed by atoms with Crippen LogP contribution in [0.5, 0.6) is 0 Å². The first kappa shape index (κ1) is 8.37. The summed E-state index contributed by atoms with van der Waals surface area (Å²) in [6, 6.07) is 5.99. The minimum Gasteiger partial charge on any atom is -0.235 e. The Morgan fingerprint density at radius 3 is 3.00 bits per heavy atom. The number of hydrogen-bond donors (Lipinski definition) is 0. The molecule has 0 radical (unpaired) electrons. The largest absolute Gasteiger partial charge is 0.235 e. The van der Waals surface area contributed by atoms with Gasteiger partial charge in [-0.3, -0.25) is 0 Å². The Bertz CT molecular complexity index is 389. The summed E-state index contributed by atoms with van der Waals surface area (Å²) < 4.78 is 1.95. The highest BCUT2D eigenvalue weighted by Crippen LogP contribution is 2.16. The third kappa shape index (κ3) is 1.59. The van der Waals surface area contributed by atoms with Crippen molar-refractivity contribution in [3.8, 4) is 0 Å². The first-order valence-electron chi connectivity index (χ1n) is 3.33. The third-order valence-electron chi connectivity index (χ3n) is 1.47. The molecule has 0 spiro atoms. The number of halogens is 2. The zero-order chi connectivity index (χ0) is 8.55. The summed E-state index contributed by atoms with van der Waals surface area (Å²) in [5, 5.41) is 1.06. The molecule has 2 aromatic rings. The second-order valence-corrected chi connectivity index (χ2v) is 4.36. The number of rotatable bonds is 0. The lowest BCUT2D eigenvalue weighted by Crippen LogP contribution is -1.85. The number of aromatic nitrogens is 2. The van der Waals surface area contributed by atoms with Crippen LogP contribution in [-0.2, 0) is 0 Å². The van der Waals surface area contributed by atoms with Crippen LogP contribution >= 0.6 is 38.5 Å². The molecule has 0 saturated carbocycles. The molecule has 12 heavy (non-hydrogen) atoms. The van der Waals surface area contributed by atoms with Crippen molar-refractivity contribution in [1.29, 1.82) is 0 Å². The molecule has 0 atom stereocenters. The van der Waals surface area contributed by atoms with E-state index in [1.165, 1.54) is 0 Å². The summed E-state index contributed by atoms with van der Waals surface area (Å²) in [6.45, 7) is 0. The fourth-order valence-electron chi connectivity index (χ4n) is 0.961. The number of pyridine rings is 2. The van der Waals surface area contributed by atoms with Crippen LogP contribution in [0.4, 0.5) is 0 Å². The van der Waals surface area contributed by atoms with Crippen LogP contribution in [0.1, 0.15) is 0 Å². The summed E-state index contributed by atoms with van der Waals surface area (Å²) in [5.74, 6) is 0. The van der Waals surface area contributed by atoms with Crippen molar-refractivity contribution in [3.63, 3.8) is 0 Å². The van der Waals surface area contributed by atoms with Gasteiger partial charge in [0.15, 0.2) is 5.65 Å². The first-order chi connectivity index (χ1) is 5.75. The van der Waals surface area contributed by atoms with Gasteiger partial charge in [0.25, 0.3) is 0 Å². The monoisotopic (exact) mass is 334 g/mol. The highest BCUT2D eigenvalue weighted by atomic mass is 127. The Morgan fingerprint density at radius 2 is 2.17 bits per heavy atom. The molecule has 0 bridgehead atoms. The minimum atomic E-state index is 0.796. The maximum absolute atomic E-state index is 4.27. The van der Waals surface area contributed by atoms with E-state index in [0.29, 0.717) is 0 Å². The van der Waals surface area contributed by atoms with Gasteiger partial charge in [-0.25, -0.2) is 9.97 Å². The third-order valence-corrected chi connectivity index (χ3v) is 2.51. The molecule has 0 aromatic carbocycles. The highest BCUT2D eigenvalue weighted by Gasteiger charge is 1.97. The van der Waals surface area contributed by atoms with Crippen molar-refractivity contribution >= 4 is 49.6 Å². The topological polar surface area (TPSA) is 25.8 Å². The predicted molar refractivity (Wildman–Crippen MR) is 60.0 cm³/mol. The second kappa shape index (κ2) is 3.26. The van der Waals surface area contributed by atoms with Crippen LogP contribution in [-0.4, -0.2) is 9.97 Å². The van der Waals surface area contributed by atoms with Crippen molar-refractivity contribution < 1.29 is 0 Å². The van der Waals surface area contributed by atoms with E-state index in [9.17, 15) is 0 Å². The summed E-state index contributed by atoms with van der Waals surface area (Å²) in [4.78, 5) is 8.45. The predicted octanol–water partition coefficient (Wildman–Crippen LogP) is 3.00. The van der Waals surface area contributed by atoms with Crippen LogP contribution in [0.25, 0.3) is 11.0 Å². The molecule has 60 valence electrons. The average molecular weight is 335 g/mol. The lowest BCUT2D eigenvalue weighted by Gasteiger charge is -1.96. The van der Waals surface area contributed by atoms with Crippen LogP contribution in [0.3, 0.4) is 0 Å². The Balaban J connectivity index is 2.79. The zero-order valence-electron chi connectivity index (χ0n) is 5.96. The second-order valence-electron chi connectivity index (χ2n) is 2.33. The molecule has 2 rings (SSSR count). The van der Waals surface area contributed by atoms with Crippen molar-refractivity contribution in [2.24, 2.45) is 0 Å². The summed E-state index contributed by atoms with van der Waals surface area (Å²) in [7, 11) is 0. The first-order valence-corrected chi connectivity index (χ1v) is 5.21. The molecule has 2 heterocycles.